The lowest BCUT2D eigenvalue weighted by Crippen LogP contribution is -2.29. The maximum absolute atomic E-state index is 10.8. The molecule has 1 heterocycles. The molecule has 4 heteroatoms. The summed E-state index contributed by atoms with van der Waals surface area (Å²) in [5, 5.41) is 11.0. The van der Waals surface area contributed by atoms with E-state index in [1.807, 2.05) is 18.2 Å². The Hall–Kier alpha value is -1.81. The summed E-state index contributed by atoms with van der Waals surface area (Å²) < 4.78 is 0. The standard InChI is InChI=1S/C17H21NO2S/c1-2-15(16-10-7-13-21-16)18(12-6-11-17(19)20)14-8-4-3-5-9-14/h3-5,7-10,13,15H,2,6,11-12H2,1H3,(H,19,20). The number of anilines is 1. The van der Waals surface area contributed by atoms with Crippen LogP contribution >= 0.6 is 11.3 Å². The lowest BCUT2D eigenvalue weighted by molar-refractivity contribution is -0.137. The van der Waals surface area contributed by atoms with E-state index in [1.165, 1.54) is 4.88 Å². The molecular formula is C17H21NO2S. The van der Waals surface area contributed by atoms with E-state index in [0.717, 1.165) is 18.7 Å². The highest BCUT2D eigenvalue weighted by molar-refractivity contribution is 7.10. The maximum atomic E-state index is 10.8. The normalized spacial score (nSPS) is 12.0. The van der Waals surface area contributed by atoms with E-state index < -0.39 is 5.97 Å². The molecule has 0 saturated heterocycles. The quantitative estimate of drug-likeness (QED) is 0.776. The summed E-state index contributed by atoms with van der Waals surface area (Å²) in [6.45, 7) is 2.93. The van der Waals surface area contributed by atoms with E-state index >= 15 is 0 Å². The van der Waals surface area contributed by atoms with E-state index in [9.17, 15) is 4.79 Å². The predicted molar refractivity (Wildman–Crippen MR) is 88.0 cm³/mol. The third-order valence-corrected chi connectivity index (χ3v) is 4.49. The molecule has 112 valence electrons. The van der Waals surface area contributed by atoms with Gasteiger partial charge in [-0.3, -0.25) is 4.79 Å². The summed E-state index contributed by atoms with van der Waals surface area (Å²) in [7, 11) is 0. The average molecular weight is 303 g/mol. The fourth-order valence-electron chi connectivity index (χ4n) is 2.54. The van der Waals surface area contributed by atoms with Crippen LogP contribution in [0, 0.1) is 0 Å². The van der Waals surface area contributed by atoms with Crippen molar-refractivity contribution in [3.8, 4) is 0 Å². The molecule has 1 aromatic carbocycles. The van der Waals surface area contributed by atoms with Crippen LogP contribution in [0.2, 0.25) is 0 Å². The van der Waals surface area contributed by atoms with Crippen LogP contribution in [0.3, 0.4) is 0 Å². The molecule has 0 saturated carbocycles. The minimum absolute atomic E-state index is 0.213. The van der Waals surface area contributed by atoms with Crippen LogP contribution in [0.4, 0.5) is 5.69 Å². The third kappa shape index (κ3) is 4.33. The van der Waals surface area contributed by atoms with E-state index in [4.69, 9.17) is 5.11 Å². The molecule has 21 heavy (non-hydrogen) atoms. The van der Waals surface area contributed by atoms with Crippen LogP contribution in [0.15, 0.2) is 47.8 Å². The van der Waals surface area contributed by atoms with Crippen LogP contribution < -0.4 is 4.90 Å². The first-order valence-corrected chi connectivity index (χ1v) is 8.17. The predicted octanol–water partition coefficient (Wildman–Crippen LogP) is 4.57. The highest BCUT2D eigenvalue weighted by Crippen LogP contribution is 2.32. The molecule has 0 aliphatic heterocycles. The van der Waals surface area contributed by atoms with Gasteiger partial charge in [-0.2, -0.15) is 0 Å². The first-order valence-electron chi connectivity index (χ1n) is 7.29. The molecular weight excluding hydrogens is 282 g/mol. The molecule has 0 aliphatic carbocycles. The molecule has 2 aromatic rings. The number of hydrogen-bond donors (Lipinski definition) is 1. The summed E-state index contributed by atoms with van der Waals surface area (Å²) in [5.74, 6) is -0.729. The van der Waals surface area contributed by atoms with Crippen LogP contribution in [0.5, 0.6) is 0 Å². The first-order chi connectivity index (χ1) is 10.2. The second kappa shape index (κ2) is 7.84. The van der Waals surface area contributed by atoms with Gasteiger partial charge in [0.2, 0.25) is 0 Å². The van der Waals surface area contributed by atoms with Crippen molar-refractivity contribution in [2.24, 2.45) is 0 Å². The second-order valence-corrected chi connectivity index (χ2v) is 5.94. The zero-order valence-electron chi connectivity index (χ0n) is 12.2. The number of hydrogen-bond acceptors (Lipinski definition) is 3. The van der Waals surface area contributed by atoms with E-state index in [-0.39, 0.29) is 6.42 Å². The van der Waals surface area contributed by atoms with Crippen molar-refractivity contribution in [3.63, 3.8) is 0 Å². The van der Waals surface area contributed by atoms with E-state index in [0.29, 0.717) is 12.5 Å². The molecule has 1 atom stereocenters. The number of para-hydroxylation sites is 1. The van der Waals surface area contributed by atoms with Gasteiger partial charge in [-0.1, -0.05) is 31.2 Å². The Kier molecular flexibility index (Phi) is 5.81. The number of carboxylic acid groups (broad SMARTS) is 1. The van der Waals surface area contributed by atoms with Gasteiger partial charge in [-0.05, 0) is 36.4 Å². The topological polar surface area (TPSA) is 40.5 Å². The highest BCUT2D eigenvalue weighted by Gasteiger charge is 2.20. The van der Waals surface area contributed by atoms with Crippen LogP contribution in [-0.2, 0) is 4.79 Å². The van der Waals surface area contributed by atoms with Gasteiger partial charge in [0.1, 0.15) is 0 Å². The molecule has 0 spiro atoms. The van der Waals surface area contributed by atoms with Crippen molar-refractivity contribution in [2.45, 2.75) is 32.2 Å². The fraction of sp³-hybridized carbons (Fsp3) is 0.353. The first kappa shape index (κ1) is 15.6. The number of nitrogens with zero attached hydrogens (tertiary/aromatic N) is 1. The fourth-order valence-corrected chi connectivity index (χ4v) is 3.46. The van der Waals surface area contributed by atoms with E-state index in [2.05, 4.69) is 41.5 Å². The van der Waals surface area contributed by atoms with Gasteiger partial charge in [0, 0.05) is 23.5 Å². The van der Waals surface area contributed by atoms with Gasteiger partial charge >= 0.3 is 5.97 Å². The van der Waals surface area contributed by atoms with Crippen LogP contribution in [-0.4, -0.2) is 17.6 Å². The Balaban J connectivity index is 2.20. The lowest BCUT2D eigenvalue weighted by Gasteiger charge is -2.32. The minimum Gasteiger partial charge on any atom is -0.481 e. The zero-order valence-corrected chi connectivity index (χ0v) is 13.1. The van der Waals surface area contributed by atoms with Crippen molar-refractivity contribution in [3.05, 3.63) is 52.7 Å². The van der Waals surface area contributed by atoms with Gasteiger partial charge in [-0.25, -0.2) is 0 Å². The smallest absolute Gasteiger partial charge is 0.303 e. The highest BCUT2D eigenvalue weighted by atomic mass is 32.1. The number of thiophene rings is 1. The van der Waals surface area contributed by atoms with Crippen LogP contribution in [0.1, 0.15) is 37.1 Å². The lowest BCUT2D eigenvalue weighted by atomic mass is 10.1. The van der Waals surface area contributed by atoms with Crippen molar-refractivity contribution in [1.29, 1.82) is 0 Å². The molecule has 2 rings (SSSR count). The second-order valence-electron chi connectivity index (χ2n) is 4.97. The molecule has 3 nitrogen and oxygen atoms in total. The average Bonchev–Trinajstić information content (AvgIpc) is 3.01. The summed E-state index contributed by atoms with van der Waals surface area (Å²) in [6, 6.07) is 14.8. The summed E-state index contributed by atoms with van der Waals surface area (Å²) in [4.78, 5) is 14.4. The Bertz CT molecular complexity index is 539. The molecule has 0 amide bonds. The molecule has 1 N–H and O–H groups in total. The summed E-state index contributed by atoms with van der Waals surface area (Å²) in [6.07, 6.45) is 1.87. The molecule has 0 fully saturated rings. The molecule has 1 unspecified atom stereocenters. The van der Waals surface area contributed by atoms with Gasteiger partial charge in [0.05, 0.1) is 6.04 Å². The Morgan fingerprint density at radius 3 is 2.57 bits per heavy atom. The number of carboxylic acids is 1. The molecule has 0 bridgehead atoms. The maximum Gasteiger partial charge on any atom is 0.303 e. The number of aliphatic carboxylic acids is 1. The van der Waals surface area contributed by atoms with Crippen molar-refractivity contribution in [1.82, 2.24) is 0 Å². The van der Waals surface area contributed by atoms with Crippen LogP contribution in [0.25, 0.3) is 0 Å². The van der Waals surface area contributed by atoms with Gasteiger partial charge in [0.15, 0.2) is 0 Å². The van der Waals surface area contributed by atoms with E-state index in [1.54, 1.807) is 11.3 Å². The summed E-state index contributed by atoms with van der Waals surface area (Å²) in [5.41, 5.74) is 1.16. The number of benzene rings is 1. The SMILES string of the molecule is CCC(c1cccs1)N(CCCC(=O)O)c1ccccc1. The third-order valence-electron chi connectivity index (χ3n) is 3.51. The van der Waals surface area contributed by atoms with Crippen molar-refractivity contribution >= 4 is 23.0 Å². The van der Waals surface area contributed by atoms with Gasteiger partial charge in [-0.15, -0.1) is 11.3 Å². The zero-order chi connectivity index (χ0) is 15.1. The molecule has 0 aliphatic rings. The van der Waals surface area contributed by atoms with Gasteiger partial charge in [0.25, 0.3) is 0 Å². The number of carbonyl (C=O) groups is 1. The number of rotatable bonds is 8. The van der Waals surface area contributed by atoms with Crippen molar-refractivity contribution in [2.75, 3.05) is 11.4 Å². The monoisotopic (exact) mass is 303 g/mol. The van der Waals surface area contributed by atoms with Gasteiger partial charge < -0.3 is 10.0 Å². The Morgan fingerprint density at radius 2 is 2.00 bits per heavy atom. The minimum atomic E-state index is -0.729. The Morgan fingerprint density at radius 1 is 1.24 bits per heavy atom. The largest absolute Gasteiger partial charge is 0.481 e. The molecule has 0 radical (unpaired) electrons. The summed E-state index contributed by atoms with van der Waals surface area (Å²) >= 11 is 1.76. The Labute approximate surface area is 129 Å². The molecule has 1 aromatic heterocycles. The van der Waals surface area contributed by atoms with Crippen molar-refractivity contribution < 1.29 is 9.90 Å².